The minimum Gasteiger partial charge on any atom is -0.469 e. The summed E-state index contributed by atoms with van der Waals surface area (Å²) in [5.74, 6) is -0.653. The van der Waals surface area contributed by atoms with Crippen LogP contribution in [0, 0.1) is 5.92 Å². The minimum atomic E-state index is -3.39. The van der Waals surface area contributed by atoms with Crippen molar-refractivity contribution < 1.29 is 17.9 Å². The number of hydrogen-bond donors (Lipinski definition) is 1. The fourth-order valence-electron chi connectivity index (χ4n) is 2.69. The maximum atomic E-state index is 12.5. The van der Waals surface area contributed by atoms with Crippen molar-refractivity contribution in [3.05, 3.63) is 29.8 Å². The van der Waals surface area contributed by atoms with E-state index in [1.165, 1.54) is 7.11 Å². The molecule has 0 saturated carbocycles. The van der Waals surface area contributed by atoms with Crippen LogP contribution in [-0.4, -0.2) is 33.3 Å². The van der Waals surface area contributed by atoms with Gasteiger partial charge in [-0.25, -0.2) is 8.42 Å². The van der Waals surface area contributed by atoms with Crippen LogP contribution in [0.3, 0.4) is 0 Å². The molecule has 1 aromatic rings. The average molecular weight is 311 g/mol. The van der Waals surface area contributed by atoms with Gasteiger partial charge in [-0.2, -0.15) is 0 Å². The highest BCUT2D eigenvalue weighted by Gasteiger charge is 2.37. The van der Waals surface area contributed by atoms with Crippen LogP contribution in [0.25, 0.3) is 0 Å². The van der Waals surface area contributed by atoms with Gasteiger partial charge in [-0.1, -0.05) is 18.2 Å². The van der Waals surface area contributed by atoms with E-state index >= 15 is 0 Å². The summed E-state index contributed by atoms with van der Waals surface area (Å²) in [6.07, 6.45) is 0.646. The molecule has 1 aliphatic rings. The van der Waals surface area contributed by atoms with Crippen molar-refractivity contribution in [2.24, 2.45) is 5.92 Å². The molecule has 1 saturated heterocycles. The molecule has 116 valence electrons. The molecule has 0 radical (unpaired) electrons. The lowest BCUT2D eigenvalue weighted by atomic mass is 9.94. The smallest absolute Gasteiger partial charge is 0.310 e. The highest BCUT2D eigenvalue weighted by Crippen LogP contribution is 2.35. The Morgan fingerprint density at radius 2 is 2.00 bits per heavy atom. The van der Waals surface area contributed by atoms with E-state index in [2.05, 4.69) is 5.32 Å². The van der Waals surface area contributed by atoms with Crippen LogP contribution in [0.15, 0.2) is 29.2 Å². The molecule has 1 N–H and O–H groups in total. The van der Waals surface area contributed by atoms with Crippen LogP contribution in [0.4, 0.5) is 0 Å². The van der Waals surface area contributed by atoms with Gasteiger partial charge in [0.15, 0.2) is 9.84 Å². The van der Waals surface area contributed by atoms with Crippen molar-refractivity contribution in [2.45, 2.75) is 36.5 Å². The van der Waals surface area contributed by atoms with Crippen molar-refractivity contribution in [3.8, 4) is 0 Å². The highest BCUT2D eigenvalue weighted by molar-refractivity contribution is 7.92. The molecule has 0 spiro atoms. The number of methoxy groups -OCH3 is 1. The zero-order valence-corrected chi connectivity index (χ0v) is 13.3. The van der Waals surface area contributed by atoms with Crippen molar-refractivity contribution in [2.75, 3.05) is 13.7 Å². The number of ether oxygens (including phenoxy) is 1. The first kappa shape index (κ1) is 16.0. The Morgan fingerprint density at radius 3 is 2.62 bits per heavy atom. The Hall–Kier alpha value is -1.40. The molecule has 1 heterocycles. The van der Waals surface area contributed by atoms with E-state index in [0.29, 0.717) is 23.4 Å². The third-order valence-electron chi connectivity index (χ3n) is 3.91. The topological polar surface area (TPSA) is 72.5 Å². The quantitative estimate of drug-likeness (QED) is 0.857. The normalized spacial score (nSPS) is 22.5. The molecule has 0 amide bonds. The van der Waals surface area contributed by atoms with E-state index in [0.717, 1.165) is 0 Å². The highest BCUT2D eigenvalue weighted by atomic mass is 32.2. The van der Waals surface area contributed by atoms with Gasteiger partial charge in [0.2, 0.25) is 0 Å². The number of benzene rings is 1. The van der Waals surface area contributed by atoms with Crippen molar-refractivity contribution in [3.63, 3.8) is 0 Å². The van der Waals surface area contributed by atoms with Gasteiger partial charge >= 0.3 is 5.97 Å². The van der Waals surface area contributed by atoms with Gasteiger partial charge in [0.1, 0.15) is 0 Å². The standard InChI is InChI=1S/C15H21NO4S/c1-10(2)21(18,19)13-7-5-4-6-11(13)14-12(8-9-16-14)15(17)20-3/h4-7,10,12,14,16H,8-9H2,1-3H3/t12-,14-/m1/s1. The summed E-state index contributed by atoms with van der Waals surface area (Å²) in [6, 6.07) is 6.57. The number of rotatable bonds is 4. The van der Waals surface area contributed by atoms with Crippen molar-refractivity contribution in [1.29, 1.82) is 0 Å². The Bertz CT molecular complexity index is 624. The maximum absolute atomic E-state index is 12.5. The number of esters is 1. The lowest BCUT2D eigenvalue weighted by molar-refractivity contribution is -0.145. The second-order valence-corrected chi connectivity index (χ2v) is 7.95. The van der Waals surface area contributed by atoms with E-state index in [-0.39, 0.29) is 17.9 Å². The summed E-state index contributed by atoms with van der Waals surface area (Å²) in [4.78, 5) is 12.2. The van der Waals surface area contributed by atoms with Gasteiger partial charge in [0.05, 0.1) is 23.2 Å². The molecule has 2 rings (SSSR count). The summed E-state index contributed by atoms with van der Waals surface area (Å²) in [7, 11) is -2.04. The first-order chi connectivity index (χ1) is 9.89. The summed E-state index contributed by atoms with van der Waals surface area (Å²) >= 11 is 0. The van der Waals surface area contributed by atoms with Crippen LogP contribution >= 0.6 is 0 Å². The molecule has 2 atom stereocenters. The average Bonchev–Trinajstić information content (AvgIpc) is 2.95. The molecule has 0 bridgehead atoms. The van der Waals surface area contributed by atoms with Gasteiger partial charge < -0.3 is 10.1 Å². The summed E-state index contributed by atoms with van der Waals surface area (Å²) in [5.41, 5.74) is 0.652. The molecule has 5 nitrogen and oxygen atoms in total. The predicted octanol–water partition coefficient (Wildman–Crippen LogP) is 1.69. The molecule has 0 aliphatic carbocycles. The molecular weight excluding hydrogens is 290 g/mol. The number of nitrogens with one attached hydrogen (secondary N) is 1. The van der Waals surface area contributed by atoms with Gasteiger partial charge in [0, 0.05) is 6.04 Å². The van der Waals surface area contributed by atoms with Crippen LogP contribution in [-0.2, 0) is 19.4 Å². The van der Waals surface area contributed by atoms with Crippen molar-refractivity contribution in [1.82, 2.24) is 5.32 Å². The molecule has 1 aromatic carbocycles. The summed E-state index contributed by atoms with van der Waals surface area (Å²) in [6.45, 7) is 3.98. The lowest BCUT2D eigenvalue weighted by Crippen LogP contribution is -2.27. The number of sulfone groups is 1. The Balaban J connectivity index is 2.48. The fourth-order valence-corrected chi connectivity index (χ4v) is 3.99. The van der Waals surface area contributed by atoms with E-state index < -0.39 is 15.1 Å². The van der Waals surface area contributed by atoms with E-state index in [4.69, 9.17) is 4.74 Å². The zero-order chi connectivity index (χ0) is 15.6. The third-order valence-corrected chi connectivity index (χ3v) is 6.13. The largest absolute Gasteiger partial charge is 0.469 e. The number of hydrogen-bond acceptors (Lipinski definition) is 5. The Labute approximate surface area is 125 Å². The fraction of sp³-hybridized carbons (Fsp3) is 0.533. The second-order valence-electron chi connectivity index (χ2n) is 5.48. The van der Waals surface area contributed by atoms with Gasteiger partial charge in [-0.3, -0.25) is 4.79 Å². The molecule has 0 unspecified atom stereocenters. The van der Waals surface area contributed by atoms with Gasteiger partial charge in [0.25, 0.3) is 0 Å². The zero-order valence-electron chi connectivity index (χ0n) is 12.5. The number of carbonyl (C=O) groups is 1. The molecule has 1 fully saturated rings. The van der Waals surface area contributed by atoms with Crippen LogP contribution in [0.2, 0.25) is 0 Å². The first-order valence-corrected chi connectivity index (χ1v) is 8.58. The van der Waals surface area contributed by atoms with E-state index in [9.17, 15) is 13.2 Å². The van der Waals surface area contributed by atoms with Crippen LogP contribution in [0.1, 0.15) is 31.9 Å². The third kappa shape index (κ3) is 2.96. The molecule has 0 aromatic heterocycles. The Morgan fingerprint density at radius 1 is 1.33 bits per heavy atom. The first-order valence-electron chi connectivity index (χ1n) is 7.03. The number of carbonyl (C=O) groups excluding carboxylic acids is 1. The molecule has 1 aliphatic heterocycles. The molecule has 6 heteroatoms. The summed E-state index contributed by atoms with van der Waals surface area (Å²) in [5, 5.41) is 2.72. The summed E-state index contributed by atoms with van der Waals surface area (Å²) < 4.78 is 29.9. The van der Waals surface area contributed by atoms with Gasteiger partial charge in [-0.05, 0) is 38.4 Å². The van der Waals surface area contributed by atoms with Gasteiger partial charge in [-0.15, -0.1) is 0 Å². The Kier molecular flexibility index (Phi) is 4.68. The van der Waals surface area contributed by atoms with Crippen LogP contribution < -0.4 is 5.32 Å². The van der Waals surface area contributed by atoms with Crippen LogP contribution in [0.5, 0.6) is 0 Å². The van der Waals surface area contributed by atoms with E-state index in [1.54, 1.807) is 38.1 Å². The molecular formula is C15H21NO4S. The maximum Gasteiger partial charge on any atom is 0.310 e. The monoisotopic (exact) mass is 311 g/mol. The second kappa shape index (κ2) is 6.15. The van der Waals surface area contributed by atoms with Crippen molar-refractivity contribution >= 4 is 15.8 Å². The SMILES string of the molecule is COC(=O)[C@@H]1CCN[C@@H]1c1ccccc1S(=O)(=O)C(C)C. The lowest BCUT2D eigenvalue weighted by Gasteiger charge is -2.21. The molecule has 21 heavy (non-hydrogen) atoms. The minimum absolute atomic E-state index is 0.299. The van der Waals surface area contributed by atoms with E-state index in [1.807, 2.05) is 0 Å². The predicted molar refractivity (Wildman–Crippen MR) is 79.6 cm³/mol.